The van der Waals surface area contributed by atoms with Gasteiger partial charge in [-0.05, 0) is 29.3 Å². The number of aromatic nitrogens is 1. The third kappa shape index (κ3) is 3.63. The Balaban J connectivity index is 1.43. The number of hydrogen-bond donors (Lipinski definition) is 1. The number of para-hydroxylation sites is 1. The van der Waals surface area contributed by atoms with Crippen LogP contribution in [-0.2, 0) is 17.9 Å². The van der Waals surface area contributed by atoms with Gasteiger partial charge in [0.25, 0.3) is 0 Å². The van der Waals surface area contributed by atoms with E-state index in [9.17, 15) is 9.18 Å². The van der Waals surface area contributed by atoms with E-state index in [0.29, 0.717) is 19.5 Å². The molecule has 0 unspecified atom stereocenters. The molecule has 134 valence electrons. The summed E-state index contributed by atoms with van der Waals surface area (Å²) in [6.45, 7) is 3.53. The SMILES string of the molecule is O=C1CCN(Cc2c[nH]c3ccccc23)CCN1Cc1cccc(F)c1. The van der Waals surface area contributed by atoms with E-state index in [2.05, 4.69) is 28.2 Å². The van der Waals surface area contributed by atoms with Crippen molar-refractivity contribution in [2.24, 2.45) is 0 Å². The minimum Gasteiger partial charge on any atom is -0.361 e. The second-order valence-corrected chi connectivity index (χ2v) is 6.83. The number of fused-ring (bicyclic) bond motifs is 1. The average molecular weight is 351 g/mol. The summed E-state index contributed by atoms with van der Waals surface area (Å²) in [5, 5.41) is 1.24. The Morgan fingerprint density at radius 3 is 2.77 bits per heavy atom. The number of nitrogens with zero attached hydrogens (tertiary/aromatic N) is 2. The molecule has 0 spiro atoms. The molecular formula is C21H22FN3O. The molecule has 4 nitrogen and oxygen atoms in total. The van der Waals surface area contributed by atoms with Crippen molar-refractivity contribution in [3.63, 3.8) is 0 Å². The highest BCUT2D eigenvalue weighted by Gasteiger charge is 2.21. The summed E-state index contributed by atoms with van der Waals surface area (Å²) in [6.07, 6.45) is 2.56. The molecular weight excluding hydrogens is 329 g/mol. The molecule has 1 aliphatic heterocycles. The quantitative estimate of drug-likeness (QED) is 0.781. The fourth-order valence-corrected chi connectivity index (χ4v) is 3.59. The lowest BCUT2D eigenvalue weighted by Crippen LogP contribution is -2.32. The molecule has 26 heavy (non-hydrogen) atoms. The molecule has 1 saturated heterocycles. The first-order valence-corrected chi connectivity index (χ1v) is 8.98. The first-order valence-electron chi connectivity index (χ1n) is 8.98. The Morgan fingerprint density at radius 1 is 1.00 bits per heavy atom. The maximum Gasteiger partial charge on any atom is 0.224 e. The predicted octanol–water partition coefficient (Wildman–Crippen LogP) is 3.54. The van der Waals surface area contributed by atoms with Crippen molar-refractivity contribution in [2.75, 3.05) is 19.6 Å². The Labute approximate surface area is 152 Å². The zero-order valence-corrected chi connectivity index (χ0v) is 14.6. The summed E-state index contributed by atoms with van der Waals surface area (Å²) in [5.74, 6) is -0.124. The molecule has 2 aromatic carbocycles. The predicted molar refractivity (Wildman–Crippen MR) is 100 cm³/mol. The van der Waals surface area contributed by atoms with Gasteiger partial charge in [-0.2, -0.15) is 0 Å². The monoisotopic (exact) mass is 351 g/mol. The third-order valence-electron chi connectivity index (χ3n) is 5.01. The van der Waals surface area contributed by atoms with E-state index in [-0.39, 0.29) is 11.7 Å². The van der Waals surface area contributed by atoms with E-state index in [1.807, 2.05) is 23.1 Å². The Morgan fingerprint density at radius 2 is 1.88 bits per heavy atom. The number of H-pyrrole nitrogens is 1. The summed E-state index contributed by atoms with van der Waals surface area (Å²) in [4.78, 5) is 19.9. The summed E-state index contributed by atoms with van der Waals surface area (Å²) in [5.41, 5.74) is 3.23. The van der Waals surface area contributed by atoms with Crippen LogP contribution in [0.25, 0.3) is 10.9 Å². The van der Waals surface area contributed by atoms with Gasteiger partial charge in [-0.3, -0.25) is 9.69 Å². The van der Waals surface area contributed by atoms with Crippen LogP contribution in [0.15, 0.2) is 54.7 Å². The zero-order valence-electron chi connectivity index (χ0n) is 14.6. The maximum absolute atomic E-state index is 13.4. The van der Waals surface area contributed by atoms with Gasteiger partial charge in [0.05, 0.1) is 0 Å². The maximum atomic E-state index is 13.4. The van der Waals surface area contributed by atoms with Gasteiger partial charge in [0.1, 0.15) is 5.82 Å². The number of carbonyl (C=O) groups excluding carboxylic acids is 1. The Hall–Kier alpha value is -2.66. The molecule has 3 aromatic rings. The van der Waals surface area contributed by atoms with Crippen LogP contribution < -0.4 is 0 Å². The molecule has 1 fully saturated rings. The molecule has 2 heterocycles. The smallest absolute Gasteiger partial charge is 0.224 e. The van der Waals surface area contributed by atoms with E-state index < -0.39 is 0 Å². The van der Waals surface area contributed by atoms with Gasteiger partial charge in [0.15, 0.2) is 0 Å². The second kappa shape index (κ2) is 7.30. The Bertz CT molecular complexity index is 920. The molecule has 5 heteroatoms. The first kappa shape index (κ1) is 16.8. The van der Waals surface area contributed by atoms with Crippen LogP contribution in [0.5, 0.6) is 0 Å². The second-order valence-electron chi connectivity index (χ2n) is 6.83. The highest BCUT2D eigenvalue weighted by molar-refractivity contribution is 5.83. The number of aromatic amines is 1. The average Bonchev–Trinajstić information content (AvgIpc) is 2.97. The fourth-order valence-electron chi connectivity index (χ4n) is 3.59. The number of benzene rings is 2. The van der Waals surface area contributed by atoms with Crippen LogP contribution in [0, 0.1) is 5.82 Å². The summed E-state index contributed by atoms with van der Waals surface area (Å²) >= 11 is 0. The van der Waals surface area contributed by atoms with Gasteiger partial charge in [-0.15, -0.1) is 0 Å². The highest BCUT2D eigenvalue weighted by Crippen LogP contribution is 2.20. The number of halogens is 1. The van der Waals surface area contributed by atoms with Gasteiger partial charge in [-0.25, -0.2) is 4.39 Å². The molecule has 0 bridgehead atoms. The lowest BCUT2D eigenvalue weighted by atomic mass is 10.1. The number of hydrogen-bond acceptors (Lipinski definition) is 2. The third-order valence-corrected chi connectivity index (χ3v) is 5.01. The van der Waals surface area contributed by atoms with Crippen molar-refractivity contribution in [3.8, 4) is 0 Å². The molecule has 0 radical (unpaired) electrons. The van der Waals surface area contributed by atoms with Crippen LogP contribution >= 0.6 is 0 Å². The van der Waals surface area contributed by atoms with E-state index in [0.717, 1.165) is 30.7 Å². The van der Waals surface area contributed by atoms with Crippen molar-refractivity contribution in [3.05, 3.63) is 71.7 Å². The van der Waals surface area contributed by atoms with Gasteiger partial charge in [0, 0.05) is 56.2 Å². The van der Waals surface area contributed by atoms with E-state index in [1.165, 1.54) is 23.1 Å². The molecule has 1 aliphatic rings. The van der Waals surface area contributed by atoms with Crippen LogP contribution in [0.1, 0.15) is 17.5 Å². The highest BCUT2D eigenvalue weighted by atomic mass is 19.1. The largest absolute Gasteiger partial charge is 0.361 e. The van der Waals surface area contributed by atoms with Crippen molar-refractivity contribution in [1.29, 1.82) is 0 Å². The molecule has 0 aliphatic carbocycles. The minimum absolute atomic E-state index is 0.135. The standard InChI is InChI=1S/C21H22FN3O/c22-18-5-3-4-16(12-18)14-25-11-10-24(9-8-21(25)26)15-17-13-23-20-7-2-1-6-19(17)20/h1-7,12-13,23H,8-11,14-15H2. The van der Waals surface area contributed by atoms with Crippen LogP contribution in [0.4, 0.5) is 4.39 Å². The molecule has 0 atom stereocenters. The summed E-state index contributed by atoms with van der Waals surface area (Å²) < 4.78 is 13.4. The minimum atomic E-state index is -0.259. The molecule has 4 rings (SSSR count). The number of nitrogens with one attached hydrogen (secondary N) is 1. The van der Waals surface area contributed by atoms with Crippen LogP contribution in [0.2, 0.25) is 0 Å². The van der Waals surface area contributed by atoms with Gasteiger partial charge >= 0.3 is 0 Å². The van der Waals surface area contributed by atoms with Crippen molar-refractivity contribution < 1.29 is 9.18 Å². The normalized spacial score (nSPS) is 16.2. The van der Waals surface area contributed by atoms with Crippen molar-refractivity contribution in [2.45, 2.75) is 19.5 Å². The van der Waals surface area contributed by atoms with Crippen LogP contribution in [0.3, 0.4) is 0 Å². The fraction of sp³-hybridized carbons (Fsp3) is 0.286. The van der Waals surface area contributed by atoms with Gasteiger partial charge in [0.2, 0.25) is 5.91 Å². The molecule has 1 amide bonds. The van der Waals surface area contributed by atoms with Crippen molar-refractivity contribution >= 4 is 16.8 Å². The molecule has 0 saturated carbocycles. The van der Waals surface area contributed by atoms with E-state index in [1.54, 1.807) is 6.07 Å². The summed E-state index contributed by atoms with van der Waals surface area (Å²) in [7, 11) is 0. The summed E-state index contributed by atoms with van der Waals surface area (Å²) in [6, 6.07) is 14.8. The number of amides is 1. The van der Waals surface area contributed by atoms with Gasteiger partial charge < -0.3 is 9.88 Å². The zero-order chi connectivity index (χ0) is 17.9. The van der Waals surface area contributed by atoms with Crippen LogP contribution in [-0.4, -0.2) is 40.3 Å². The Kier molecular flexibility index (Phi) is 4.71. The van der Waals surface area contributed by atoms with E-state index in [4.69, 9.17) is 0 Å². The lowest BCUT2D eigenvalue weighted by molar-refractivity contribution is -0.130. The number of carbonyl (C=O) groups is 1. The topological polar surface area (TPSA) is 39.3 Å². The van der Waals surface area contributed by atoms with Crippen molar-refractivity contribution in [1.82, 2.24) is 14.8 Å². The lowest BCUT2D eigenvalue weighted by Gasteiger charge is -2.22. The van der Waals surface area contributed by atoms with Gasteiger partial charge in [-0.1, -0.05) is 30.3 Å². The molecule has 1 N–H and O–H groups in total. The molecule has 1 aromatic heterocycles. The first-order chi connectivity index (χ1) is 12.7. The number of rotatable bonds is 4. The van der Waals surface area contributed by atoms with E-state index >= 15 is 0 Å².